The lowest BCUT2D eigenvalue weighted by Crippen LogP contribution is -2.51. The van der Waals surface area contributed by atoms with Gasteiger partial charge in [-0.2, -0.15) is 0 Å². The summed E-state index contributed by atoms with van der Waals surface area (Å²) in [6.07, 6.45) is 14.4. The van der Waals surface area contributed by atoms with Crippen LogP contribution in [0.15, 0.2) is 0 Å². The van der Waals surface area contributed by atoms with Crippen molar-refractivity contribution in [2.75, 3.05) is 13.1 Å². The third-order valence-corrected chi connectivity index (χ3v) is 5.17. The average Bonchev–Trinajstić information content (AvgIpc) is 2.52. The molecule has 0 saturated carbocycles. The highest BCUT2D eigenvalue weighted by atomic mass is 19.1. The molecule has 1 aliphatic heterocycles. The summed E-state index contributed by atoms with van der Waals surface area (Å²) in [6.45, 7) is 6.07. The molecule has 0 aromatic rings. The number of rotatable bonds is 12. The summed E-state index contributed by atoms with van der Waals surface area (Å²) in [4.78, 5) is 2.40. The van der Waals surface area contributed by atoms with Crippen LogP contribution in [-0.4, -0.2) is 36.2 Å². The third-order valence-electron chi connectivity index (χ3n) is 5.17. The van der Waals surface area contributed by atoms with Crippen molar-refractivity contribution < 1.29 is 4.39 Å². The fraction of sp³-hybridized carbons (Fsp3) is 1.00. The Kier molecular flexibility index (Phi) is 11.1. The molecule has 1 unspecified atom stereocenters. The minimum Gasteiger partial charge on any atom is -0.325 e. The van der Waals surface area contributed by atoms with Gasteiger partial charge in [0.2, 0.25) is 0 Å². The molecule has 0 aromatic heterocycles. The van der Waals surface area contributed by atoms with E-state index in [1.807, 2.05) is 0 Å². The van der Waals surface area contributed by atoms with E-state index in [1.54, 1.807) is 0 Å². The fourth-order valence-electron chi connectivity index (χ4n) is 3.58. The monoisotopic (exact) mass is 314 g/mol. The summed E-state index contributed by atoms with van der Waals surface area (Å²) < 4.78 is 14.0. The zero-order valence-electron chi connectivity index (χ0n) is 15.0. The molecule has 0 spiro atoms. The predicted octanol–water partition coefficient (Wildman–Crippen LogP) is 5.06. The van der Waals surface area contributed by atoms with Crippen molar-refractivity contribution in [3.8, 4) is 0 Å². The van der Waals surface area contributed by atoms with E-state index in [2.05, 4.69) is 18.7 Å². The zero-order valence-corrected chi connectivity index (χ0v) is 15.0. The Hall–Kier alpha value is -0.150. The van der Waals surface area contributed by atoms with Gasteiger partial charge in [-0.15, -0.1) is 0 Å². The van der Waals surface area contributed by atoms with E-state index in [1.165, 1.54) is 70.6 Å². The van der Waals surface area contributed by atoms with Crippen LogP contribution in [-0.2, 0) is 0 Å². The van der Waals surface area contributed by atoms with E-state index in [4.69, 9.17) is 5.73 Å². The molecule has 22 heavy (non-hydrogen) atoms. The van der Waals surface area contributed by atoms with E-state index >= 15 is 0 Å². The summed E-state index contributed by atoms with van der Waals surface area (Å²) >= 11 is 0. The van der Waals surface area contributed by atoms with Gasteiger partial charge >= 0.3 is 0 Å². The van der Waals surface area contributed by atoms with Gasteiger partial charge in [-0.3, -0.25) is 4.90 Å². The molecule has 1 heterocycles. The zero-order chi connectivity index (χ0) is 16.2. The van der Waals surface area contributed by atoms with Crippen LogP contribution in [0.3, 0.4) is 0 Å². The molecule has 0 aliphatic carbocycles. The summed E-state index contributed by atoms with van der Waals surface area (Å²) in [5, 5.41) is 0. The Morgan fingerprint density at radius 1 is 0.955 bits per heavy atom. The maximum Gasteiger partial charge on any atom is 0.128 e. The van der Waals surface area contributed by atoms with Crippen LogP contribution in [0.5, 0.6) is 0 Å². The maximum atomic E-state index is 14.0. The lowest BCUT2D eigenvalue weighted by atomic mass is 9.95. The number of hydrogen-bond acceptors (Lipinski definition) is 2. The van der Waals surface area contributed by atoms with Gasteiger partial charge in [-0.25, -0.2) is 4.39 Å². The number of hydrogen-bond donors (Lipinski definition) is 1. The number of piperidine rings is 1. The molecule has 1 rings (SSSR count). The molecular formula is C19H39FN2. The van der Waals surface area contributed by atoms with E-state index in [9.17, 15) is 4.39 Å². The molecule has 0 aromatic carbocycles. The summed E-state index contributed by atoms with van der Waals surface area (Å²) in [7, 11) is 0. The average molecular weight is 315 g/mol. The van der Waals surface area contributed by atoms with Crippen molar-refractivity contribution >= 4 is 0 Å². The summed E-state index contributed by atoms with van der Waals surface area (Å²) in [6, 6.07) is 0.353. The van der Waals surface area contributed by atoms with E-state index < -0.39 is 6.17 Å². The van der Waals surface area contributed by atoms with Gasteiger partial charge in [0.15, 0.2) is 0 Å². The number of unbranched alkanes of at least 4 members (excludes halogenated alkanes) is 7. The van der Waals surface area contributed by atoms with Gasteiger partial charge in [0.25, 0.3) is 0 Å². The van der Waals surface area contributed by atoms with Crippen molar-refractivity contribution in [2.24, 2.45) is 5.73 Å². The predicted molar refractivity (Wildman–Crippen MR) is 95.0 cm³/mol. The number of nitrogens with two attached hydrogens (primary N) is 1. The van der Waals surface area contributed by atoms with Gasteiger partial charge in [0, 0.05) is 25.2 Å². The molecular weight excluding hydrogens is 275 g/mol. The molecule has 2 nitrogen and oxygen atoms in total. The Morgan fingerprint density at radius 2 is 1.50 bits per heavy atom. The first-order valence-corrected chi connectivity index (χ1v) is 9.82. The largest absolute Gasteiger partial charge is 0.325 e. The molecule has 1 saturated heterocycles. The number of alkyl halides is 1. The van der Waals surface area contributed by atoms with Crippen molar-refractivity contribution in [2.45, 2.75) is 109 Å². The second kappa shape index (κ2) is 12.3. The first kappa shape index (κ1) is 19.9. The van der Waals surface area contributed by atoms with Crippen LogP contribution in [0, 0.1) is 0 Å². The van der Waals surface area contributed by atoms with Gasteiger partial charge in [0.05, 0.1) is 0 Å². The highest BCUT2D eigenvalue weighted by Crippen LogP contribution is 2.22. The van der Waals surface area contributed by atoms with E-state index in [0.29, 0.717) is 12.6 Å². The minimum atomic E-state index is -0.827. The number of halogens is 1. The highest BCUT2D eigenvalue weighted by molar-refractivity contribution is 4.86. The molecule has 3 heteroatoms. The van der Waals surface area contributed by atoms with Gasteiger partial charge in [0.1, 0.15) is 6.17 Å². The Morgan fingerprint density at radius 3 is 2.05 bits per heavy atom. The van der Waals surface area contributed by atoms with Gasteiger partial charge in [-0.1, -0.05) is 71.6 Å². The molecule has 1 aliphatic rings. The summed E-state index contributed by atoms with van der Waals surface area (Å²) in [5.41, 5.74) is 5.83. The van der Waals surface area contributed by atoms with Crippen LogP contribution in [0.1, 0.15) is 90.9 Å². The number of nitrogens with zero attached hydrogens (tertiary/aromatic N) is 1. The molecule has 0 amide bonds. The quantitative estimate of drug-likeness (QED) is 0.510. The van der Waals surface area contributed by atoms with Gasteiger partial charge < -0.3 is 5.73 Å². The van der Waals surface area contributed by atoms with Crippen LogP contribution in [0.25, 0.3) is 0 Å². The van der Waals surface area contributed by atoms with Crippen molar-refractivity contribution in [1.82, 2.24) is 4.90 Å². The number of likely N-dealkylation sites (tertiary alicyclic amines) is 1. The first-order valence-electron chi connectivity index (χ1n) is 9.82. The molecule has 0 bridgehead atoms. The fourth-order valence-corrected chi connectivity index (χ4v) is 3.58. The molecule has 3 atom stereocenters. The lowest BCUT2D eigenvalue weighted by molar-refractivity contribution is 0.0740. The van der Waals surface area contributed by atoms with Crippen LogP contribution < -0.4 is 5.73 Å². The normalized spacial score (nSPS) is 24.5. The second-order valence-corrected chi connectivity index (χ2v) is 7.17. The van der Waals surface area contributed by atoms with Crippen molar-refractivity contribution in [3.05, 3.63) is 0 Å². The lowest BCUT2D eigenvalue weighted by Gasteiger charge is -2.38. The van der Waals surface area contributed by atoms with E-state index in [-0.39, 0.29) is 6.04 Å². The molecule has 132 valence electrons. The van der Waals surface area contributed by atoms with E-state index in [0.717, 1.165) is 13.0 Å². The molecule has 1 fully saturated rings. The molecule has 2 N–H and O–H groups in total. The first-order chi connectivity index (χ1) is 10.7. The van der Waals surface area contributed by atoms with Crippen LogP contribution in [0.2, 0.25) is 0 Å². The van der Waals surface area contributed by atoms with Crippen LogP contribution in [0.4, 0.5) is 4.39 Å². The summed E-state index contributed by atoms with van der Waals surface area (Å²) in [5.74, 6) is 0. The topological polar surface area (TPSA) is 29.3 Å². The standard InChI is InChI=1S/C19H39FN2/c1-3-5-7-9-11-13-17(12-10-8-6-4-2)22-15-14-19(21)18(20)16-22/h17-19H,3-16,21H2,1-2H3/t17?,18-,19-/m1/s1. The molecule has 0 radical (unpaired) electrons. The van der Waals surface area contributed by atoms with Crippen molar-refractivity contribution in [3.63, 3.8) is 0 Å². The smallest absolute Gasteiger partial charge is 0.128 e. The second-order valence-electron chi connectivity index (χ2n) is 7.17. The minimum absolute atomic E-state index is 0.235. The third kappa shape index (κ3) is 7.92. The highest BCUT2D eigenvalue weighted by Gasteiger charge is 2.29. The Labute approximate surface area is 138 Å². The van der Waals surface area contributed by atoms with Crippen molar-refractivity contribution in [1.29, 1.82) is 0 Å². The maximum absolute atomic E-state index is 14.0. The van der Waals surface area contributed by atoms with Gasteiger partial charge in [-0.05, 0) is 19.3 Å². The van der Waals surface area contributed by atoms with Crippen LogP contribution >= 0.6 is 0 Å². The Bertz CT molecular complexity index is 260. The SMILES string of the molecule is CCCCCCCC(CCCCCC)N1CC[C@@H](N)[C@H](F)C1. The Balaban J connectivity index is 2.35.